The van der Waals surface area contributed by atoms with Gasteiger partial charge in [-0.1, -0.05) is 23.7 Å². The minimum atomic E-state index is -4.79. The van der Waals surface area contributed by atoms with Gasteiger partial charge >= 0.3 is 6.18 Å². The molecule has 4 rings (SSSR count). The summed E-state index contributed by atoms with van der Waals surface area (Å²) in [4.78, 5) is 29.7. The van der Waals surface area contributed by atoms with Gasteiger partial charge in [-0.05, 0) is 30.2 Å². The van der Waals surface area contributed by atoms with Crippen molar-refractivity contribution in [2.24, 2.45) is 0 Å². The number of alkyl halides is 3. The topological polar surface area (TPSA) is 66.7 Å². The molecule has 32 heavy (non-hydrogen) atoms. The molecule has 1 aromatic carbocycles. The second kappa shape index (κ2) is 8.09. The number of halogens is 5. The van der Waals surface area contributed by atoms with E-state index >= 15 is 0 Å². The highest BCUT2D eigenvalue weighted by molar-refractivity contribution is 6.33. The fourth-order valence-corrected chi connectivity index (χ4v) is 4.09. The number of imidazole rings is 1. The zero-order valence-electron chi connectivity index (χ0n) is 16.7. The molecule has 1 unspecified atom stereocenters. The second-order valence-corrected chi connectivity index (χ2v) is 7.91. The number of pyridine rings is 1. The van der Waals surface area contributed by atoms with Crippen molar-refractivity contribution in [3.05, 3.63) is 64.3 Å². The van der Waals surface area contributed by atoms with Gasteiger partial charge in [-0.2, -0.15) is 13.2 Å². The summed E-state index contributed by atoms with van der Waals surface area (Å²) in [5.74, 6) is -1.56. The van der Waals surface area contributed by atoms with Crippen molar-refractivity contribution in [1.82, 2.24) is 14.3 Å². The van der Waals surface area contributed by atoms with Gasteiger partial charge in [0.25, 0.3) is 5.91 Å². The molecule has 6 nitrogen and oxygen atoms in total. The zero-order chi connectivity index (χ0) is 23.2. The van der Waals surface area contributed by atoms with Crippen LogP contribution in [0, 0.1) is 5.82 Å². The number of hydrogen-bond acceptors (Lipinski definition) is 3. The Morgan fingerprint density at radius 2 is 1.91 bits per heavy atom. The van der Waals surface area contributed by atoms with E-state index in [0.717, 1.165) is 23.0 Å². The van der Waals surface area contributed by atoms with Crippen LogP contribution in [0.15, 0.2) is 36.5 Å². The van der Waals surface area contributed by atoms with Crippen LogP contribution in [0.1, 0.15) is 40.9 Å². The summed E-state index contributed by atoms with van der Waals surface area (Å²) in [6.07, 6.45) is -2.99. The maximum Gasteiger partial charge on any atom is 0.420 e. The summed E-state index contributed by atoms with van der Waals surface area (Å²) in [5.41, 5.74) is -1.24. The molecule has 2 aromatic heterocycles. The number of nitrogens with zero attached hydrogens (tertiary/aromatic N) is 3. The second-order valence-electron chi connectivity index (χ2n) is 7.55. The summed E-state index contributed by atoms with van der Waals surface area (Å²) in [5, 5.41) is 2.01. The fraction of sp³-hybridized carbons (Fsp3) is 0.286. The van der Waals surface area contributed by atoms with Gasteiger partial charge < -0.3 is 10.2 Å². The van der Waals surface area contributed by atoms with Crippen LogP contribution < -0.4 is 5.32 Å². The van der Waals surface area contributed by atoms with Gasteiger partial charge in [-0.15, -0.1) is 0 Å². The first kappa shape index (κ1) is 22.1. The van der Waals surface area contributed by atoms with E-state index < -0.39 is 29.2 Å². The van der Waals surface area contributed by atoms with Crippen LogP contribution in [-0.4, -0.2) is 39.2 Å². The third-order valence-corrected chi connectivity index (χ3v) is 5.67. The molecule has 0 bridgehead atoms. The quantitative estimate of drug-likeness (QED) is 0.565. The third-order valence-electron chi connectivity index (χ3n) is 5.31. The molecule has 168 valence electrons. The number of hydrogen-bond donors (Lipinski definition) is 1. The van der Waals surface area contributed by atoms with Crippen LogP contribution in [0.4, 0.5) is 23.2 Å². The number of amides is 2. The lowest BCUT2D eigenvalue weighted by atomic mass is 9.99. The molecular weight excluding hydrogens is 452 g/mol. The van der Waals surface area contributed by atoms with Crippen molar-refractivity contribution in [2.75, 3.05) is 18.4 Å². The van der Waals surface area contributed by atoms with Crippen LogP contribution in [0.5, 0.6) is 0 Å². The number of anilines is 1. The highest BCUT2D eigenvalue weighted by Gasteiger charge is 2.37. The van der Waals surface area contributed by atoms with Crippen molar-refractivity contribution < 1.29 is 27.2 Å². The molecule has 1 aliphatic heterocycles. The molecule has 11 heteroatoms. The Morgan fingerprint density at radius 1 is 1.22 bits per heavy atom. The maximum atomic E-state index is 13.6. The molecule has 1 saturated heterocycles. The van der Waals surface area contributed by atoms with Gasteiger partial charge in [0.15, 0.2) is 11.3 Å². The van der Waals surface area contributed by atoms with Gasteiger partial charge in [0.1, 0.15) is 16.5 Å². The van der Waals surface area contributed by atoms with E-state index in [1.807, 2.05) is 0 Å². The van der Waals surface area contributed by atoms with E-state index in [2.05, 4.69) is 10.3 Å². The molecule has 0 saturated carbocycles. The highest BCUT2D eigenvalue weighted by Crippen LogP contribution is 2.36. The van der Waals surface area contributed by atoms with Crippen molar-refractivity contribution >= 4 is 34.7 Å². The van der Waals surface area contributed by atoms with Gasteiger partial charge in [-0.3, -0.25) is 14.0 Å². The molecule has 0 aliphatic carbocycles. The van der Waals surface area contributed by atoms with Crippen LogP contribution in [0.25, 0.3) is 5.65 Å². The number of carbonyl (C=O) groups is 2. The van der Waals surface area contributed by atoms with Gasteiger partial charge in [0.05, 0.1) is 5.69 Å². The average molecular weight is 469 g/mol. The van der Waals surface area contributed by atoms with Gasteiger partial charge in [-0.25, -0.2) is 9.37 Å². The van der Waals surface area contributed by atoms with E-state index in [9.17, 15) is 27.2 Å². The number of likely N-dealkylation sites (tertiary alicyclic amines) is 1. The smallest absolute Gasteiger partial charge is 0.337 e. The summed E-state index contributed by atoms with van der Waals surface area (Å²) in [6, 6.07) is 6.71. The van der Waals surface area contributed by atoms with Crippen molar-refractivity contribution in [3.63, 3.8) is 0 Å². The minimum Gasteiger partial charge on any atom is -0.337 e. The Balaban J connectivity index is 1.68. The van der Waals surface area contributed by atoms with Crippen LogP contribution in [-0.2, 0) is 11.0 Å². The Bertz CT molecular complexity index is 1210. The first-order valence-electron chi connectivity index (χ1n) is 9.65. The number of rotatable bonds is 3. The van der Waals surface area contributed by atoms with E-state index in [4.69, 9.17) is 11.6 Å². The normalized spacial score (nSPS) is 16.6. The van der Waals surface area contributed by atoms with E-state index in [1.54, 1.807) is 12.1 Å². The van der Waals surface area contributed by atoms with E-state index in [-0.39, 0.29) is 28.3 Å². The fourth-order valence-electron chi connectivity index (χ4n) is 3.83. The lowest BCUT2D eigenvalue weighted by Crippen LogP contribution is -2.29. The molecule has 1 aliphatic rings. The summed E-state index contributed by atoms with van der Waals surface area (Å²) in [6.45, 7) is 1.82. The number of carbonyl (C=O) groups excluding carboxylic acids is 2. The van der Waals surface area contributed by atoms with Crippen molar-refractivity contribution in [1.29, 1.82) is 0 Å². The first-order chi connectivity index (χ1) is 15.0. The largest absolute Gasteiger partial charge is 0.420 e. The Hall–Kier alpha value is -3.14. The number of aromatic nitrogens is 2. The van der Waals surface area contributed by atoms with Crippen molar-refractivity contribution in [2.45, 2.75) is 25.4 Å². The molecule has 1 atom stereocenters. The number of benzene rings is 1. The van der Waals surface area contributed by atoms with E-state index in [0.29, 0.717) is 19.5 Å². The summed E-state index contributed by atoms with van der Waals surface area (Å²) < 4.78 is 55.0. The molecular formula is C21H17ClF4N4O2. The molecule has 3 aromatic rings. The third kappa shape index (κ3) is 4.14. The maximum absolute atomic E-state index is 13.6. The molecule has 1 N–H and O–H groups in total. The molecule has 3 heterocycles. The predicted octanol–water partition coefficient (Wildman–Crippen LogP) is 4.73. The Morgan fingerprint density at radius 3 is 2.53 bits per heavy atom. The SMILES string of the molecule is CC(=O)Nc1cc(C(F)(F)F)c2nc(C(=O)N3CCC(c4ccc(F)cc4)C3)c(Cl)n2c1. The highest BCUT2D eigenvalue weighted by atomic mass is 35.5. The lowest BCUT2D eigenvalue weighted by molar-refractivity contribution is -0.136. The summed E-state index contributed by atoms with van der Waals surface area (Å²) in [7, 11) is 0. The van der Waals surface area contributed by atoms with E-state index in [1.165, 1.54) is 23.2 Å². The van der Waals surface area contributed by atoms with Crippen molar-refractivity contribution in [3.8, 4) is 0 Å². The van der Waals surface area contributed by atoms with Crippen LogP contribution >= 0.6 is 11.6 Å². The van der Waals surface area contributed by atoms with Crippen LogP contribution in [0.3, 0.4) is 0 Å². The Kier molecular flexibility index (Phi) is 5.58. The van der Waals surface area contributed by atoms with Crippen LogP contribution in [0.2, 0.25) is 5.15 Å². The standard InChI is InChI=1S/C21H17ClF4N4O2/c1-11(31)27-15-8-16(21(24,25)26)19-28-17(18(22)30(19)10-15)20(32)29-7-6-13(9-29)12-2-4-14(23)5-3-12/h2-5,8,10,13H,6-7,9H2,1H3,(H,27,31). The predicted molar refractivity (Wildman–Crippen MR) is 109 cm³/mol. The molecule has 0 spiro atoms. The number of nitrogens with one attached hydrogen (secondary N) is 1. The minimum absolute atomic E-state index is 0.0348. The molecule has 1 fully saturated rings. The van der Waals surface area contributed by atoms with Gasteiger partial charge in [0, 0.05) is 32.1 Å². The molecule has 2 amide bonds. The summed E-state index contributed by atoms with van der Waals surface area (Å²) >= 11 is 6.26. The first-order valence-corrected chi connectivity index (χ1v) is 10.0. The molecule has 0 radical (unpaired) electrons. The lowest BCUT2D eigenvalue weighted by Gasteiger charge is -2.15. The Labute approximate surface area is 184 Å². The monoisotopic (exact) mass is 468 g/mol. The zero-order valence-corrected chi connectivity index (χ0v) is 17.5. The van der Waals surface area contributed by atoms with Gasteiger partial charge in [0.2, 0.25) is 5.91 Å². The number of fused-ring (bicyclic) bond motifs is 1. The average Bonchev–Trinajstić information content (AvgIpc) is 3.32.